The fourth-order valence-corrected chi connectivity index (χ4v) is 1.60. The highest BCUT2D eigenvalue weighted by Gasteiger charge is 2.05. The van der Waals surface area contributed by atoms with Gasteiger partial charge in [-0.05, 0) is 13.3 Å². The van der Waals surface area contributed by atoms with Crippen LogP contribution >= 0.6 is 0 Å². The molecule has 1 N–H and O–H groups in total. The monoisotopic (exact) mass is 224 g/mol. The molecule has 0 spiro atoms. The van der Waals surface area contributed by atoms with Gasteiger partial charge in [-0.3, -0.25) is 4.79 Å². The molecule has 0 aromatic rings. The molecule has 16 heavy (non-hydrogen) atoms. The summed E-state index contributed by atoms with van der Waals surface area (Å²) in [6, 6.07) is 2.03. The van der Waals surface area contributed by atoms with Crippen LogP contribution in [0.25, 0.3) is 0 Å². The minimum absolute atomic E-state index is 0.0161. The molecule has 3 nitrogen and oxygen atoms in total. The standard InChI is InChI=1S/C13H24N2O/c1-3-4-5-6-7-8-9-13(16)15-12(2)10-11-14/h12H,3-10H2,1-2H3,(H,15,16). The van der Waals surface area contributed by atoms with Crippen molar-refractivity contribution in [2.24, 2.45) is 0 Å². The van der Waals surface area contributed by atoms with Gasteiger partial charge in [0.2, 0.25) is 5.91 Å². The van der Waals surface area contributed by atoms with Gasteiger partial charge in [-0.25, -0.2) is 0 Å². The van der Waals surface area contributed by atoms with Crippen LogP contribution in [0.2, 0.25) is 0 Å². The van der Waals surface area contributed by atoms with Gasteiger partial charge in [0.15, 0.2) is 0 Å². The van der Waals surface area contributed by atoms with Crippen LogP contribution in [0.3, 0.4) is 0 Å². The topological polar surface area (TPSA) is 52.9 Å². The molecule has 1 unspecified atom stereocenters. The second-order valence-corrected chi connectivity index (χ2v) is 4.35. The van der Waals surface area contributed by atoms with E-state index in [2.05, 4.69) is 12.2 Å². The van der Waals surface area contributed by atoms with Crippen molar-refractivity contribution < 1.29 is 4.79 Å². The molecule has 0 aliphatic rings. The summed E-state index contributed by atoms with van der Waals surface area (Å²) in [4.78, 5) is 11.4. The molecule has 3 heteroatoms. The Morgan fingerprint density at radius 2 is 1.88 bits per heavy atom. The van der Waals surface area contributed by atoms with Crippen LogP contribution in [0, 0.1) is 11.3 Å². The molecular weight excluding hydrogens is 200 g/mol. The highest BCUT2D eigenvalue weighted by Crippen LogP contribution is 2.06. The van der Waals surface area contributed by atoms with Crippen LogP contribution < -0.4 is 5.32 Å². The van der Waals surface area contributed by atoms with E-state index in [0.717, 1.165) is 12.8 Å². The molecule has 0 radical (unpaired) electrons. The Morgan fingerprint density at radius 3 is 2.50 bits per heavy atom. The van der Waals surface area contributed by atoms with Gasteiger partial charge in [-0.2, -0.15) is 5.26 Å². The summed E-state index contributed by atoms with van der Waals surface area (Å²) < 4.78 is 0. The highest BCUT2D eigenvalue weighted by molar-refractivity contribution is 5.76. The smallest absolute Gasteiger partial charge is 0.220 e. The maximum atomic E-state index is 11.4. The predicted octanol–water partition coefficient (Wildman–Crippen LogP) is 3.16. The number of rotatable bonds is 9. The molecule has 0 aliphatic heterocycles. The Bertz CT molecular complexity index is 220. The normalized spacial score (nSPS) is 11.8. The van der Waals surface area contributed by atoms with E-state index in [1.807, 2.05) is 13.0 Å². The molecule has 0 rings (SSSR count). The lowest BCUT2D eigenvalue weighted by Crippen LogP contribution is -2.31. The highest BCUT2D eigenvalue weighted by atomic mass is 16.1. The predicted molar refractivity (Wildman–Crippen MR) is 65.8 cm³/mol. The largest absolute Gasteiger partial charge is 0.353 e. The van der Waals surface area contributed by atoms with Gasteiger partial charge >= 0.3 is 0 Å². The van der Waals surface area contributed by atoms with Gasteiger partial charge in [0, 0.05) is 12.5 Å². The van der Waals surface area contributed by atoms with Crippen molar-refractivity contribution in [2.75, 3.05) is 0 Å². The van der Waals surface area contributed by atoms with Crippen molar-refractivity contribution in [3.8, 4) is 6.07 Å². The van der Waals surface area contributed by atoms with Crippen molar-refractivity contribution in [1.29, 1.82) is 5.26 Å². The molecule has 92 valence electrons. The Kier molecular flexibility index (Phi) is 9.80. The number of carbonyl (C=O) groups excluding carboxylic acids is 1. The second-order valence-electron chi connectivity index (χ2n) is 4.35. The SMILES string of the molecule is CCCCCCCCC(=O)NC(C)CC#N. The summed E-state index contributed by atoms with van der Waals surface area (Å²) in [7, 11) is 0. The van der Waals surface area contributed by atoms with Gasteiger partial charge in [0.05, 0.1) is 12.5 Å². The summed E-state index contributed by atoms with van der Waals surface area (Å²) in [6.45, 7) is 4.06. The van der Waals surface area contributed by atoms with Gasteiger partial charge in [-0.15, -0.1) is 0 Å². The summed E-state index contributed by atoms with van der Waals surface area (Å²) >= 11 is 0. The van der Waals surface area contributed by atoms with E-state index in [0.29, 0.717) is 12.8 Å². The van der Waals surface area contributed by atoms with Crippen LogP contribution in [0.4, 0.5) is 0 Å². The zero-order chi connectivity index (χ0) is 12.2. The van der Waals surface area contributed by atoms with Gasteiger partial charge in [0.25, 0.3) is 0 Å². The minimum Gasteiger partial charge on any atom is -0.353 e. The summed E-state index contributed by atoms with van der Waals surface area (Å²) in [5, 5.41) is 11.3. The minimum atomic E-state index is -0.0161. The quantitative estimate of drug-likeness (QED) is 0.612. The van der Waals surface area contributed by atoms with Crippen LogP contribution in [-0.2, 0) is 4.79 Å². The van der Waals surface area contributed by atoms with E-state index in [1.165, 1.54) is 25.7 Å². The molecule has 0 fully saturated rings. The van der Waals surface area contributed by atoms with Crippen LogP contribution in [0.15, 0.2) is 0 Å². The summed E-state index contributed by atoms with van der Waals surface area (Å²) in [5.74, 6) is 0.0817. The van der Waals surface area contributed by atoms with E-state index in [4.69, 9.17) is 5.26 Å². The zero-order valence-electron chi connectivity index (χ0n) is 10.6. The van der Waals surface area contributed by atoms with Crippen molar-refractivity contribution in [2.45, 2.75) is 71.3 Å². The fourth-order valence-electron chi connectivity index (χ4n) is 1.60. The van der Waals surface area contributed by atoms with E-state index < -0.39 is 0 Å². The summed E-state index contributed by atoms with van der Waals surface area (Å²) in [5.41, 5.74) is 0. The first-order chi connectivity index (χ1) is 7.70. The molecule has 0 heterocycles. The third kappa shape index (κ3) is 9.51. The van der Waals surface area contributed by atoms with E-state index in [9.17, 15) is 4.79 Å². The molecule has 1 amide bonds. The zero-order valence-corrected chi connectivity index (χ0v) is 10.6. The summed E-state index contributed by atoms with van der Waals surface area (Å²) in [6.07, 6.45) is 8.16. The van der Waals surface area contributed by atoms with E-state index in [-0.39, 0.29) is 11.9 Å². The average Bonchev–Trinajstić information content (AvgIpc) is 2.23. The number of hydrogen-bond acceptors (Lipinski definition) is 2. The van der Waals surface area contributed by atoms with E-state index >= 15 is 0 Å². The molecule has 0 bridgehead atoms. The lowest BCUT2D eigenvalue weighted by molar-refractivity contribution is -0.121. The number of nitriles is 1. The Labute approximate surface area is 99.2 Å². The first-order valence-electron chi connectivity index (χ1n) is 6.37. The number of nitrogens with one attached hydrogen (secondary N) is 1. The number of nitrogens with zero attached hydrogens (tertiary/aromatic N) is 1. The van der Waals surface area contributed by atoms with Crippen molar-refractivity contribution in [3.63, 3.8) is 0 Å². The molecule has 0 aromatic heterocycles. The number of carbonyl (C=O) groups is 1. The number of hydrogen-bond donors (Lipinski definition) is 1. The van der Waals surface area contributed by atoms with Crippen molar-refractivity contribution in [1.82, 2.24) is 5.32 Å². The first kappa shape index (κ1) is 15.0. The number of unbranched alkanes of at least 4 members (excludes halogenated alkanes) is 5. The van der Waals surface area contributed by atoms with Crippen molar-refractivity contribution >= 4 is 5.91 Å². The first-order valence-corrected chi connectivity index (χ1v) is 6.37. The molecule has 1 atom stereocenters. The molecule has 0 saturated carbocycles. The lowest BCUT2D eigenvalue weighted by Gasteiger charge is -2.09. The van der Waals surface area contributed by atoms with Crippen LogP contribution in [0.1, 0.15) is 65.2 Å². The second kappa shape index (κ2) is 10.5. The Morgan fingerprint density at radius 1 is 1.25 bits per heavy atom. The maximum Gasteiger partial charge on any atom is 0.220 e. The van der Waals surface area contributed by atoms with Gasteiger partial charge < -0.3 is 5.32 Å². The molecular formula is C13H24N2O. The van der Waals surface area contributed by atoms with Crippen LogP contribution in [-0.4, -0.2) is 11.9 Å². The Balaban J connectivity index is 3.34. The maximum absolute atomic E-state index is 11.4. The molecule has 0 aliphatic carbocycles. The van der Waals surface area contributed by atoms with Gasteiger partial charge in [-0.1, -0.05) is 39.0 Å². The van der Waals surface area contributed by atoms with Crippen LogP contribution in [0.5, 0.6) is 0 Å². The number of amides is 1. The van der Waals surface area contributed by atoms with Gasteiger partial charge in [0.1, 0.15) is 0 Å². The lowest BCUT2D eigenvalue weighted by atomic mass is 10.1. The molecule has 0 saturated heterocycles. The molecule has 0 aromatic carbocycles. The average molecular weight is 224 g/mol. The third-order valence-electron chi connectivity index (χ3n) is 2.56. The fraction of sp³-hybridized carbons (Fsp3) is 0.846. The third-order valence-corrected chi connectivity index (χ3v) is 2.56. The Hall–Kier alpha value is -1.04. The van der Waals surface area contributed by atoms with Crippen molar-refractivity contribution in [3.05, 3.63) is 0 Å². The van der Waals surface area contributed by atoms with E-state index in [1.54, 1.807) is 0 Å².